The quantitative estimate of drug-likeness (QED) is 0.777. The van der Waals surface area contributed by atoms with Crippen molar-refractivity contribution < 1.29 is 9.90 Å². The first kappa shape index (κ1) is 9.32. The number of imidazole rings is 1. The van der Waals surface area contributed by atoms with Gasteiger partial charge in [0.25, 0.3) is 0 Å². The van der Waals surface area contributed by atoms with Crippen LogP contribution in [0.5, 0.6) is 0 Å². The van der Waals surface area contributed by atoms with E-state index < -0.39 is 5.97 Å². The molecule has 0 spiro atoms. The summed E-state index contributed by atoms with van der Waals surface area (Å²) in [4.78, 5) is 14.3. The Bertz CT molecular complexity index is 506. The number of aryl methyl sites for hydroxylation is 1. The van der Waals surface area contributed by atoms with Crippen LogP contribution in [0.1, 0.15) is 16.1 Å². The van der Waals surface area contributed by atoms with E-state index >= 15 is 0 Å². The molecule has 0 aliphatic carbocycles. The van der Waals surface area contributed by atoms with Gasteiger partial charge in [-0.15, -0.1) is 5.10 Å². The number of hydrogen-bond donors (Lipinski definition) is 1. The van der Waals surface area contributed by atoms with Crippen LogP contribution in [0.4, 0.5) is 0 Å². The summed E-state index contributed by atoms with van der Waals surface area (Å²) in [6, 6.07) is 1.79. The maximum Gasteiger partial charge on any atom is 0.356 e. The Kier molecular flexibility index (Phi) is 2.17. The molecule has 15 heavy (non-hydrogen) atoms. The summed E-state index contributed by atoms with van der Waals surface area (Å²) >= 11 is 0. The zero-order chi connectivity index (χ0) is 10.8. The second-order valence-electron chi connectivity index (χ2n) is 3.06. The molecule has 76 valence electrons. The van der Waals surface area contributed by atoms with Crippen LogP contribution >= 0.6 is 0 Å². The number of carboxylic acids is 1. The molecule has 0 saturated heterocycles. The van der Waals surface area contributed by atoms with Crippen molar-refractivity contribution in [1.82, 2.24) is 19.7 Å². The maximum absolute atomic E-state index is 10.6. The molecule has 2 rings (SSSR count). The van der Waals surface area contributed by atoms with E-state index in [-0.39, 0.29) is 5.69 Å². The van der Waals surface area contributed by atoms with Crippen LogP contribution in [0.25, 0.3) is 5.82 Å². The first-order chi connectivity index (χ1) is 7.16. The normalized spacial score (nSPS) is 10.2. The molecule has 0 aliphatic rings. The molecular formula is C9H8N4O2. The Morgan fingerprint density at radius 1 is 1.53 bits per heavy atom. The summed E-state index contributed by atoms with van der Waals surface area (Å²) in [5.74, 6) is -0.510. The van der Waals surface area contributed by atoms with E-state index in [1.54, 1.807) is 12.3 Å². The van der Waals surface area contributed by atoms with E-state index in [2.05, 4.69) is 15.2 Å². The van der Waals surface area contributed by atoms with Crippen molar-refractivity contribution in [3.8, 4) is 5.82 Å². The molecule has 0 bridgehead atoms. The second-order valence-corrected chi connectivity index (χ2v) is 3.06. The minimum absolute atomic E-state index is 0.0155. The van der Waals surface area contributed by atoms with Crippen molar-refractivity contribution in [2.24, 2.45) is 0 Å². The molecule has 2 aromatic heterocycles. The monoisotopic (exact) mass is 204 g/mol. The van der Waals surface area contributed by atoms with Crippen molar-refractivity contribution in [3.63, 3.8) is 0 Å². The van der Waals surface area contributed by atoms with Gasteiger partial charge in [-0.1, -0.05) is 0 Å². The molecule has 0 aromatic carbocycles. The SMILES string of the molecule is Cc1cnnc(-n2cnc(C(=O)O)c2)c1. The average molecular weight is 204 g/mol. The Balaban J connectivity index is 2.41. The molecule has 2 aromatic rings. The first-order valence-corrected chi connectivity index (χ1v) is 4.24. The summed E-state index contributed by atoms with van der Waals surface area (Å²) in [6.07, 6.45) is 4.41. The third-order valence-electron chi connectivity index (χ3n) is 1.84. The predicted molar refractivity (Wildman–Crippen MR) is 50.9 cm³/mol. The number of nitrogens with zero attached hydrogens (tertiary/aromatic N) is 4. The number of aromatic carboxylic acids is 1. The van der Waals surface area contributed by atoms with Gasteiger partial charge in [-0.2, -0.15) is 5.10 Å². The van der Waals surface area contributed by atoms with Crippen LogP contribution in [0.3, 0.4) is 0 Å². The van der Waals surface area contributed by atoms with Gasteiger partial charge in [0.1, 0.15) is 6.33 Å². The molecule has 6 nitrogen and oxygen atoms in total. The summed E-state index contributed by atoms with van der Waals surface area (Å²) in [6.45, 7) is 1.88. The number of aromatic nitrogens is 4. The van der Waals surface area contributed by atoms with Crippen LogP contribution in [-0.2, 0) is 0 Å². The Morgan fingerprint density at radius 3 is 2.93 bits per heavy atom. The molecule has 0 fully saturated rings. The molecule has 0 amide bonds. The van der Waals surface area contributed by atoms with Gasteiger partial charge < -0.3 is 5.11 Å². The lowest BCUT2D eigenvalue weighted by Crippen LogP contribution is -1.98. The third kappa shape index (κ3) is 1.83. The average Bonchev–Trinajstić information content (AvgIpc) is 2.66. The van der Waals surface area contributed by atoms with Crippen LogP contribution in [0, 0.1) is 6.92 Å². The highest BCUT2D eigenvalue weighted by Gasteiger charge is 2.08. The minimum atomic E-state index is -1.06. The summed E-state index contributed by atoms with van der Waals surface area (Å²) in [5, 5.41) is 16.3. The first-order valence-electron chi connectivity index (χ1n) is 4.24. The summed E-state index contributed by atoms with van der Waals surface area (Å²) < 4.78 is 1.52. The molecular weight excluding hydrogens is 196 g/mol. The summed E-state index contributed by atoms with van der Waals surface area (Å²) in [7, 11) is 0. The van der Waals surface area contributed by atoms with Crippen molar-refractivity contribution in [2.45, 2.75) is 6.92 Å². The number of rotatable bonds is 2. The Labute approximate surface area is 85.2 Å². The van der Waals surface area contributed by atoms with Crippen molar-refractivity contribution in [1.29, 1.82) is 0 Å². The highest BCUT2D eigenvalue weighted by molar-refractivity contribution is 5.85. The predicted octanol–water partition coefficient (Wildman–Crippen LogP) is 0.669. The van der Waals surface area contributed by atoms with E-state index in [9.17, 15) is 4.79 Å². The van der Waals surface area contributed by atoms with Gasteiger partial charge in [0.05, 0.1) is 6.20 Å². The number of carboxylic acid groups (broad SMARTS) is 1. The van der Waals surface area contributed by atoms with E-state index in [0.717, 1.165) is 5.56 Å². The van der Waals surface area contributed by atoms with Crippen molar-refractivity contribution in [3.05, 3.63) is 36.0 Å². The molecule has 0 aliphatic heterocycles. The largest absolute Gasteiger partial charge is 0.476 e. The van der Waals surface area contributed by atoms with E-state index in [1.807, 2.05) is 6.92 Å². The van der Waals surface area contributed by atoms with Gasteiger partial charge in [0, 0.05) is 6.20 Å². The fraction of sp³-hybridized carbons (Fsp3) is 0.111. The zero-order valence-electron chi connectivity index (χ0n) is 7.95. The maximum atomic E-state index is 10.6. The van der Waals surface area contributed by atoms with Crippen LogP contribution < -0.4 is 0 Å². The second kappa shape index (κ2) is 3.49. The Hall–Kier alpha value is -2.24. The van der Waals surface area contributed by atoms with Gasteiger partial charge in [-0.3, -0.25) is 4.57 Å². The van der Waals surface area contributed by atoms with Gasteiger partial charge in [0.2, 0.25) is 0 Å². The smallest absolute Gasteiger partial charge is 0.356 e. The minimum Gasteiger partial charge on any atom is -0.476 e. The Morgan fingerprint density at radius 2 is 2.33 bits per heavy atom. The lowest BCUT2D eigenvalue weighted by Gasteiger charge is -1.99. The molecule has 0 saturated carbocycles. The van der Waals surface area contributed by atoms with Gasteiger partial charge in [0.15, 0.2) is 11.5 Å². The van der Waals surface area contributed by atoms with E-state index in [4.69, 9.17) is 5.11 Å². The molecule has 0 atom stereocenters. The molecule has 0 unspecified atom stereocenters. The fourth-order valence-corrected chi connectivity index (χ4v) is 1.13. The lowest BCUT2D eigenvalue weighted by molar-refractivity contribution is 0.0691. The lowest BCUT2D eigenvalue weighted by atomic mass is 10.3. The fourth-order valence-electron chi connectivity index (χ4n) is 1.13. The standard InChI is InChI=1S/C9H8N4O2/c1-6-2-8(12-11-3-6)13-4-7(9(14)15)10-5-13/h2-5H,1H3,(H,14,15). The van der Waals surface area contributed by atoms with Gasteiger partial charge in [-0.05, 0) is 18.6 Å². The van der Waals surface area contributed by atoms with Crippen LogP contribution in [0.2, 0.25) is 0 Å². The van der Waals surface area contributed by atoms with Gasteiger partial charge in [-0.25, -0.2) is 9.78 Å². The molecule has 1 N–H and O–H groups in total. The van der Waals surface area contributed by atoms with Crippen molar-refractivity contribution >= 4 is 5.97 Å². The number of carbonyl (C=O) groups is 1. The highest BCUT2D eigenvalue weighted by atomic mass is 16.4. The topological polar surface area (TPSA) is 80.9 Å². The highest BCUT2D eigenvalue weighted by Crippen LogP contribution is 2.06. The van der Waals surface area contributed by atoms with Crippen molar-refractivity contribution in [2.75, 3.05) is 0 Å². The van der Waals surface area contributed by atoms with E-state index in [1.165, 1.54) is 17.1 Å². The van der Waals surface area contributed by atoms with E-state index in [0.29, 0.717) is 5.82 Å². The number of hydrogen-bond acceptors (Lipinski definition) is 4. The van der Waals surface area contributed by atoms with Crippen LogP contribution in [-0.4, -0.2) is 30.8 Å². The zero-order valence-corrected chi connectivity index (χ0v) is 7.95. The van der Waals surface area contributed by atoms with Gasteiger partial charge >= 0.3 is 5.97 Å². The summed E-state index contributed by atoms with van der Waals surface area (Å²) in [5.41, 5.74) is 0.934. The van der Waals surface area contributed by atoms with Crippen LogP contribution in [0.15, 0.2) is 24.8 Å². The third-order valence-corrected chi connectivity index (χ3v) is 1.84. The molecule has 2 heterocycles. The molecule has 0 radical (unpaired) electrons. The molecule has 6 heteroatoms.